The van der Waals surface area contributed by atoms with E-state index in [2.05, 4.69) is 11.2 Å². The predicted octanol–water partition coefficient (Wildman–Crippen LogP) is 6.82. The summed E-state index contributed by atoms with van der Waals surface area (Å²) in [5.41, 5.74) is 3.64. The first kappa shape index (κ1) is 22.9. The van der Waals surface area contributed by atoms with Gasteiger partial charge >= 0.3 is 0 Å². The molecule has 1 N–H and O–H groups in total. The summed E-state index contributed by atoms with van der Waals surface area (Å²) in [7, 11) is 0. The van der Waals surface area contributed by atoms with Crippen LogP contribution in [0.5, 0.6) is 0 Å². The van der Waals surface area contributed by atoms with Crippen molar-refractivity contribution in [1.82, 2.24) is 10.1 Å². The lowest BCUT2D eigenvalue weighted by Crippen LogP contribution is -2.34. The van der Waals surface area contributed by atoms with Gasteiger partial charge in [-0.2, -0.15) is 5.26 Å². The Morgan fingerprint density at radius 2 is 1.81 bits per heavy atom. The zero-order valence-electron chi connectivity index (χ0n) is 20.7. The molecular formula is C29H33N3O3S. The SMILES string of the molecule is N#Cc1ccc2nc(C3(O)CCC(OCc4c(C5CCC6(CC5)CC6)noc4C4CC4)CC3)sc2c1. The van der Waals surface area contributed by atoms with Crippen LogP contribution in [0.15, 0.2) is 22.7 Å². The Labute approximate surface area is 215 Å². The maximum absolute atomic E-state index is 11.4. The van der Waals surface area contributed by atoms with E-state index in [9.17, 15) is 10.4 Å². The van der Waals surface area contributed by atoms with Crippen LogP contribution in [0.2, 0.25) is 0 Å². The molecule has 2 heterocycles. The molecule has 0 aliphatic heterocycles. The number of rotatable bonds is 6. The van der Waals surface area contributed by atoms with Gasteiger partial charge in [-0.15, -0.1) is 11.3 Å². The fraction of sp³-hybridized carbons (Fsp3) is 0.621. The van der Waals surface area contributed by atoms with Crippen LogP contribution < -0.4 is 0 Å². The molecule has 1 aromatic carbocycles. The van der Waals surface area contributed by atoms with Gasteiger partial charge in [-0.05, 0) is 101 Å². The lowest BCUT2D eigenvalue weighted by molar-refractivity contribution is -0.0642. The Kier molecular flexibility index (Phi) is 5.50. The third kappa shape index (κ3) is 4.17. The third-order valence-corrected chi connectivity index (χ3v) is 10.5. The topological polar surface area (TPSA) is 92.2 Å². The van der Waals surface area contributed by atoms with Crippen LogP contribution in [0.25, 0.3) is 10.2 Å². The first-order valence-electron chi connectivity index (χ1n) is 13.7. The van der Waals surface area contributed by atoms with Crippen molar-refractivity contribution in [3.8, 4) is 6.07 Å². The number of aromatic nitrogens is 2. The van der Waals surface area contributed by atoms with E-state index in [1.807, 2.05) is 12.1 Å². The minimum absolute atomic E-state index is 0.126. The highest BCUT2D eigenvalue weighted by Gasteiger charge is 2.46. The number of ether oxygens (including phenoxy) is 1. The van der Waals surface area contributed by atoms with Crippen molar-refractivity contribution in [2.75, 3.05) is 0 Å². The minimum atomic E-state index is -0.918. The molecule has 7 heteroatoms. The number of hydrogen-bond acceptors (Lipinski definition) is 7. The first-order chi connectivity index (χ1) is 17.5. The van der Waals surface area contributed by atoms with Gasteiger partial charge in [0.1, 0.15) is 16.4 Å². The van der Waals surface area contributed by atoms with Crippen molar-refractivity contribution >= 4 is 21.6 Å². The molecule has 0 radical (unpaired) electrons. The standard InChI is InChI=1S/C29H33N3O3S/c30-16-18-1-4-23-24(15-18)36-27(31-23)29(33)11-7-21(8-12-29)34-17-22-25(32-35-26(22)20-2-3-20)19-5-9-28(10-6-19)13-14-28/h1,4,15,19-21,33H,2-3,5-14,17H2. The summed E-state index contributed by atoms with van der Waals surface area (Å²) in [5, 5.41) is 26.0. The van der Waals surface area contributed by atoms with Crippen molar-refractivity contribution in [2.24, 2.45) is 5.41 Å². The molecule has 0 saturated heterocycles. The smallest absolute Gasteiger partial charge is 0.145 e. The Hall–Kier alpha value is -2.27. The normalized spacial score (nSPS) is 27.9. The molecule has 4 fully saturated rings. The number of benzene rings is 1. The summed E-state index contributed by atoms with van der Waals surface area (Å²) in [4.78, 5) is 4.71. The maximum Gasteiger partial charge on any atom is 0.145 e. The molecule has 0 atom stereocenters. The summed E-state index contributed by atoms with van der Waals surface area (Å²) in [6.07, 6.45) is 13.4. The summed E-state index contributed by atoms with van der Waals surface area (Å²) >= 11 is 1.51. The summed E-state index contributed by atoms with van der Waals surface area (Å²) in [6.45, 7) is 0.577. The Bertz CT molecular complexity index is 1310. The van der Waals surface area contributed by atoms with Crippen molar-refractivity contribution in [3.05, 3.63) is 45.8 Å². The average Bonchev–Trinajstić information content (AvgIpc) is 3.80. The van der Waals surface area contributed by atoms with Crippen molar-refractivity contribution in [1.29, 1.82) is 5.26 Å². The number of nitriles is 1. The summed E-state index contributed by atoms with van der Waals surface area (Å²) in [5.74, 6) is 2.12. The monoisotopic (exact) mass is 503 g/mol. The lowest BCUT2D eigenvalue weighted by Gasteiger charge is -2.34. The molecule has 3 aromatic rings. The van der Waals surface area contributed by atoms with E-state index in [0.717, 1.165) is 33.8 Å². The van der Waals surface area contributed by atoms with Gasteiger partial charge in [0.25, 0.3) is 0 Å². The molecule has 4 aliphatic rings. The van der Waals surface area contributed by atoms with Crippen molar-refractivity contribution < 1.29 is 14.4 Å². The van der Waals surface area contributed by atoms with E-state index >= 15 is 0 Å². The molecule has 4 aliphatic carbocycles. The number of nitrogens with zero attached hydrogens (tertiary/aromatic N) is 3. The molecule has 7 rings (SSSR count). The van der Waals surface area contributed by atoms with Gasteiger partial charge in [-0.3, -0.25) is 0 Å². The molecular weight excluding hydrogens is 470 g/mol. The molecule has 4 saturated carbocycles. The number of thiazole rings is 1. The molecule has 188 valence electrons. The van der Waals surface area contributed by atoms with Crippen LogP contribution >= 0.6 is 11.3 Å². The number of aliphatic hydroxyl groups is 1. The molecule has 0 amide bonds. The second kappa shape index (κ2) is 8.65. The lowest BCUT2D eigenvalue weighted by atomic mass is 9.77. The molecule has 0 bridgehead atoms. The van der Waals surface area contributed by atoms with Crippen molar-refractivity contribution in [3.63, 3.8) is 0 Å². The third-order valence-electron chi connectivity index (χ3n) is 9.33. The van der Waals surface area contributed by atoms with Crippen LogP contribution in [0, 0.1) is 16.7 Å². The average molecular weight is 504 g/mol. The number of fused-ring (bicyclic) bond motifs is 1. The molecule has 0 unspecified atom stereocenters. The molecule has 2 aromatic heterocycles. The van der Waals surface area contributed by atoms with Gasteiger partial charge in [0.05, 0.1) is 40.3 Å². The van der Waals surface area contributed by atoms with Gasteiger partial charge in [-0.1, -0.05) is 5.16 Å². The second-order valence-corrected chi connectivity index (χ2v) is 12.8. The highest BCUT2D eigenvalue weighted by atomic mass is 32.1. The maximum atomic E-state index is 11.4. The van der Waals surface area contributed by atoms with Gasteiger partial charge in [0.2, 0.25) is 0 Å². The highest BCUT2D eigenvalue weighted by Crippen LogP contribution is 2.59. The van der Waals surface area contributed by atoms with Crippen LogP contribution in [0.4, 0.5) is 0 Å². The van der Waals surface area contributed by atoms with E-state index in [1.54, 1.807) is 6.07 Å². The Balaban J connectivity index is 1.01. The van der Waals surface area contributed by atoms with Gasteiger partial charge in [0, 0.05) is 17.4 Å². The fourth-order valence-corrected chi connectivity index (χ4v) is 7.64. The van der Waals surface area contributed by atoms with Gasteiger partial charge < -0.3 is 14.4 Å². The zero-order chi connectivity index (χ0) is 24.3. The predicted molar refractivity (Wildman–Crippen MR) is 137 cm³/mol. The van der Waals surface area contributed by atoms with Crippen molar-refractivity contribution in [2.45, 2.75) is 107 Å². The second-order valence-electron chi connectivity index (χ2n) is 11.8. The van der Waals surface area contributed by atoms with Gasteiger partial charge in [-0.25, -0.2) is 4.98 Å². The van der Waals surface area contributed by atoms with E-state index < -0.39 is 5.60 Å². The van der Waals surface area contributed by atoms with Gasteiger partial charge in [0.15, 0.2) is 0 Å². The zero-order valence-corrected chi connectivity index (χ0v) is 21.5. The highest BCUT2D eigenvalue weighted by molar-refractivity contribution is 7.18. The largest absolute Gasteiger partial charge is 0.383 e. The number of hydrogen-bond donors (Lipinski definition) is 1. The summed E-state index contributed by atoms with van der Waals surface area (Å²) in [6, 6.07) is 7.70. The quantitative estimate of drug-likeness (QED) is 0.397. The molecule has 6 nitrogen and oxygen atoms in total. The fourth-order valence-electron chi connectivity index (χ4n) is 6.49. The summed E-state index contributed by atoms with van der Waals surface area (Å²) < 4.78 is 13.4. The van der Waals surface area contributed by atoms with E-state index in [-0.39, 0.29) is 6.10 Å². The van der Waals surface area contributed by atoms with E-state index in [0.29, 0.717) is 42.3 Å². The van der Waals surface area contributed by atoms with Crippen LogP contribution in [-0.2, 0) is 16.9 Å². The Morgan fingerprint density at radius 3 is 2.50 bits per heavy atom. The van der Waals surface area contributed by atoms with Crippen LogP contribution in [-0.4, -0.2) is 21.4 Å². The minimum Gasteiger partial charge on any atom is -0.383 e. The molecule has 36 heavy (non-hydrogen) atoms. The van der Waals surface area contributed by atoms with Crippen LogP contribution in [0.3, 0.4) is 0 Å². The molecule has 1 spiro atoms. The van der Waals surface area contributed by atoms with Crippen LogP contribution in [0.1, 0.15) is 116 Å². The Morgan fingerprint density at radius 1 is 1.03 bits per heavy atom. The van der Waals surface area contributed by atoms with E-state index in [4.69, 9.17) is 14.2 Å². The first-order valence-corrected chi connectivity index (χ1v) is 14.5. The van der Waals surface area contributed by atoms with E-state index in [1.165, 1.54) is 74.0 Å².